The average Bonchev–Trinajstić information content (AvgIpc) is 2.25. The number of benzene rings is 1. The zero-order valence-corrected chi connectivity index (χ0v) is 9.72. The van der Waals surface area contributed by atoms with Gasteiger partial charge in [0.15, 0.2) is 5.92 Å². The van der Waals surface area contributed by atoms with Crippen molar-refractivity contribution in [3.8, 4) is 0 Å². The van der Waals surface area contributed by atoms with Gasteiger partial charge in [-0.1, -0.05) is 24.3 Å². The van der Waals surface area contributed by atoms with Crippen LogP contribution < -0.4 is 0 Å². The molecule has 92 valence electrons. The summed E-state index contributed by atoms with van der Waals surface area (Å²) in [5.41, 5.74) is 2.29. The fraction of sp³-hybridized carbons (Fsp3) is 0.385. The fourth-order valence-electron chi connectivity index (χ4n) is 1.74. The first-order chi connectivity index (χ1) is 8.02. The molecule has 0 fully saturated rings. The first-order valence-electron chi connectivity index (χ1n) is 5.52. The van der Waals surface area contributed by atoms with Crippen LogP contribution in [-0.2, 0) is 16.0 Å². The zero-order chi connectivity index (χ0) is 12.8. The zero-order valence-electron chi connectivity index (χ0n) is 9.72. The van der Waals surface area contributed by atoms with Crippen molar-refractivity contribution >= 4 is 11.9 Å². The summed E-state index contributed by atoms with van der Waals surface area (Å²) < 4.78 is 0. The summed E-state index contributed by atoms with van der Waals surface area (Å²) in [6.45, 7) is 1.99. The molecule has 0 atom stereocenters. The van der Waals surface area contributed by atoms with Crippen LogP contribution in [0.25, 0.3) is 0 Å². The van der Waals surface area contributed by atoms with Gasteiger partial charge in [0, 0.05) is 0 Å². The van der Waals surface area contributed by atoms with Gasteiger partial charge in [0.2, 0.25) is 0 Å². The predicted molar refractivity (Wildman–Crippen MR) is 62.9 cm³/mol. The van der Waals surface area contributed by atoms with E-state index in [9.17, 15) is 9.59 Å². The predicted octanol–water partition coefficient (Wildman–Crippen LogP) is 2.10. The maximum atomic E-state index is 10.7. The van der Waals surface area contributed by atoms with Crippen LogP contribution in [0.1, 0.15) is 24.0 Å². The first kappa shape index (κ1) is 13.2. The minimum atomic E-state index is -1.29. The Morgan fingerprint density at radius 2 is 1.76 bits per heavy atom. The Morgan fingerprint density at radius 1 is 1.18 bits per heavy atom. The van der Waals surface area contributed by atoms with Crippen molar-refractivity contribution in [1.29, 1.82) is 0 Å². The van der Waals surface area contributed by atoms with Crippen molar-refractivity contribution in [1.82, 2.24) is 0 Å². The number of carbonyl (C=O) groups is 2. The molecule has 0 radical (unpaired) electrons. The molecule has 17 heavy (non-hydrogen) atoms. The highest BCUT2D eigenvalue weighted by molar-refractivity contribution is 5.92. The smallest absolute Gasteiger partial charge is 0.317 e. The third-order valence-electron chi connectivity index (χ3n) is 2.80. The van der Waals surface area contributed by atoms with E-state index in [1.165, 1.54) is 0 Å². The standard InChI is InChI=1S/C13H16O4/c1-9-5-2-3-6-10(9)7-4-8-11(12(14)15)13(16)17/h2-3,5-6,11H,4,7-8H2,1H3,(H,14,15)(H,16,17). The average molecular weight is 236 g/mol. The summed E-state index contributed by atoms with van der Waals surface area (Å²) in [6.07, 6.45) is 1.44. The van der Waals surface area contributed by atoms with E-state index in [0.717, 1.165) is 11.1 Å². The van der Waals surface area contributed by atoms with Gasteiger partial charge in [-0.05, 0) is 37.3 Å². The van der Waals surface area contributed by atoms with Crippen LogP contribution in [0.2, 0.25) is 0 Å². The van der Waals surface area contributed by atoms with Gasteiger partial charge in [0.25, 0.3) is 0 Å². The van der Waals surface area contributed by atoms with E-state index in [1.54, 1.807) is 0 Å². The Labute approximate surface area is 99.9 Å². The molecular formula is C13H16O4. The SMILES string of the molecule is Cc1ccccc1CCCC(C(=O)O)C(=O)O. The number of aryl methyl sites for hydroxylation is 2. The van der Waals surface area contributed by atoms with Crippen LogP contribution in [-0.4, -0.2) is 22.2 Å². The van der Waals surface area contributed by atoms with E-state index in [4.69, 9.17) is 10.2 Å². The molecule has 1 aromatic rings. The summed E-state index contributed by atoms with van der Waals surface area (Å²) in [5.74, 6) is -3.82. The maximum Gasteiger partial charge on any atom is 0.317 e. The minimum Gasteiger partial charge on any atom is -0.481 e. The van der Waals surface area contributed by atoms with Gasteiger partial charge >= 0.3 is 11.9 Å². The molecule has 1 rings (SSSR count). The molecule has 0 amide bonds. The molecule has 0 heterocycles. The Kier molecular flexibility index (Phi) is 4.69. The van der Waals surface area contributed by atoms with Crippen molar-refractivity contribution < 1.29 is 19.8 Å². The third-order valence-corrected chi connectivity index (χ3v) is 2.80. The van der Waals surface area contributed by atoms with Crippen molar-refractivity contribution in [3.63, 3.8) is 0 Å². The highest BCUT2D eigenvalue weighted by atomic mass is 16.4. The molecule has 0 aliphatic rings. The van der Waals surface area contributed by atoms with E-state index in [2.05, 4.69) is 0 Å². The molecule has 0 bridgehead atoms. The lowest BCUT2D eigenvalue weighted by atomic mass is 9.98. The van der Waals surface area contributed by atoms with E-state index >= 15 is 0 Å². The highest BCUT2D eigenvalue weighted by Gasteiger charge is 2.24. The molecule has 4 heteroatoms. The Hall–Kier alpha value is -1.84. The van der Waals surface area contributed by atoms with Crippen molar-refractivity contribution in [2.24, 2.45) is 5.92 Å². The molecule has 4 nitrogen and oxygen atoms in total. The van der Waals surface area contributed by atoms with Gasteiger partial charge in [-0.3, -0.25) is 9.59 Å². The van der Waals surface area contributed by atoms with Crippen molar-refractivity contribution in [2.75, 3.05) is 0 Å². The number of hydrogen-bond acceptors (Lipinski definition) is 2. The monoisotopic (exact) mass is 236 g/mol. The normalized spacial score (nSPS) is 10.5. The van der Waals surface area contributed by atoms with E-state index in [-0.39, 0.29) is 6.42 Å². The van der Waals surface area contributed by atoms with Crippen molar-refractivity contribution in [2.45, 2.75) is 26.2 Å². The van der Waals surface area contributed by atoms with E-state index in [0.29, 0.717) is 12.8 Å². The number of carboxylic acid groups (broad SMARTS) is 2. The second-order valence-electron chi connectivity index (χ2n) is 4.05. The molecule has 2 N–H and O–H groups in total. The molecule has 0 aliphatic carbocycles. The molecule has 0 aromatic heterocycles. The summed E-state index contributed by atoms with van der Waals surface area (Å²) in [6, 6.07) is 7.83. The lowest BCUT2D eigenvalue weighted by Crippen LogP contribution is -2.23. The minimum absolute atomic E-state index is 0.166. The van der Waals surface area contributed by atoms with Crippen LogP contribution >= 0.6 is 0 Å². The summed E-state index contributed by atoms with van der Waals surface area (Å²) in [4.78, 5) is 21.3. The van der Waals surface area contributed by atoms with E-state index < -0.39 is 17.9 Å². The largest absolute Gasteiger partial charge is 0.481 e. The van der Waals surface area contributed by atoms with Crippen LogP contribution in [0.4, 0.5) is 0 Å². The van der Waals surface area contributed by atoms with E-state index in [1.807, 2.05) is 31.2 Å². The van der Waals surface area contributed by atoms with Crippen LogP contribution in [0.3, 0.4) is 0 Å². The molecule has 0 aliphatic heterocycles. The lowest BCUT2D eigenvalue weighted by molar-refractivity contribution is -0.154. The van der Waals surface area contributed by atoms with Gasteiger partial charge < -0.3 is 10.2 Å². The van der Waals surface area contributed by atoms with Crippen LogP contribution in [0.5, 0.6) is 0 Å². The highest BCUT2D eigenvalue weighted by Crippen LogP contribution is 2.14. The second kappa shape index (κ2) is 6.03. The fourth-order valence-corrected chi connectivity index (χ4v) is 1.74. The summed E-state index contributed by atoms with van der Waals surface area (Å²) in [7, 11) is 0. The Balaban J connectivity index is 2.50. The Morgan fingerprint density at radius 3 is 2.29 bits per heavy atom. The first-order valence-corrected chi connectivity index (χ1v) is 5.52. The lowest BCUT2D eigenvalue weighted by Gasteiger charge is -2.08. The topological polar surface area (TPSA) is 74.6 Å². The second-order valence-corrected chi connectivity index (χ2v) is 4.05. The van der Waals surface area contributed by atoms with Gasteiger partial charge in [-0.25, -0.2) is 0 Å². The molecule has 0 saturated carbocycles. The van der Waals surface area contributed by atoms with Gasteiger partial charge in [-0.2, -0.15) is 0 Å². The molecule has 0 saturated heterocycles. The number of aliphatic carboxylic acids is 2. The summed E-state index contributed by atoms with van der Waals surface area (Å²) in [5, 5.41) is 17.4. The number of hydrogen-bond donors (Lipinski definition) is 2. The molecule has 0 spiro atoms. The number of carboxylic acids is 2. The van der Waals surface area contributed by atoms with Crippen LogP contribution in [0, 0.1) is 12.8 Å². The van der Waals surface area contributed by atoms with Crippen LogP contribution in [0.15, 0.2) is 24.3 Å². The number of rotatable bonds is 6. The molecule has 1 aromatic carbocycles. The van der Waals surface area contributed by atoms with Gasteiger partial charge in [-0.15, -0.1) is 0 Å². The molecule has 0 unspecified atom stereocenters. The quantitative estimate of drug-likeness (QED) is 0.742. The van der Waals surface area contributed by atoms with Gasteiger partial charge in [0.1, 0.15) is 0 Å². The Bertz CT molecular complexity index is 398. The maximum absolute atomic E-state index is 10.7. The summed E-state index contributed by atoms with van der Waals surface area (Å²) >= 11 is 0. The van der Waals surface area contributed by atoms with Gasteiger partial charge in [0.05, 0.1) is 0 Å². The third kappa shape index (κ3) is 3.90. The molecular weight excluding hydrogens is 220 g/mol. The van der Waals surface area contributed by atoms with Crippen molar-refractivity contribution in [3.05, 3.63) is 35.4 Å².